The molecule has 1 aromatic carbocycles. The van der Waals surface area contributed by atoms with Gasteiger partial charge in [0.25, 0.3) is 0 Å². The summed E-state index contributed by atoms with van der Waals surface area (Å²) in [7, 11) is 1.38. The first kappa shape index (κ1) is 22.4. The van der Waals surface area contributed by atoms with Crippen molar-refractivity contribution in [2.75, 3.05) is 13.6 Å². The number of H-pyrrole nitrogens is 1. The first-order valence-corrected chi connectivity index (χ1v) is 9.43. The van der Waals surface area contributed by atoms with Crippen molar-refractivity contribution in [3.63, 3.8) is 0 Å². The number of nitrogens with one attached hydrogen (secondary N) is 3. The molecule has 0 radical (unpaired) electrons. The average Bonchev–Trinajstić information content (AvgIpc) is 3.26. The highest BCUT2D eigenvalue weighted by molar-refractivity contribution is 7.97. The topological polar surface area (TPSA) is 67.3 Å². The Bertz CT molecular complexity index is 980. The van der Waals surface area contributed by atoms with Crippen molar-refractivity contribution in [2.24, 2.45) is 5.10 Å². The fourth-order valence-electron chi connectivity index (χ4n) is 3.29. The zero-order valence-electron chi connectivity index (χ0n) is 15.4. The summed E-state index contributed by atoms with van der Waals surface area (Å²) in [5.41, 5.74) is -0.640. The molecule has 1 fully saturated rings. The molecule has 5 nitrogen and oxygen atoms in total. The molecule has 0 spiro atoms. The minimum absolute atomic E-state index is 0.0407. The first-order chi connectivity index (χ1) is 13.9. The number of hydrazone groups is 1. The fourth-order valence-corrected chi connectivity index (χ4v) is 4.43. The third-order valence-electron chi connectivity index (χ3n) is 4.54. The molecular weight excluding hydrogens is 439 g/mol. The van der Waals surface area contributed by atoms with E-state index in [1.807, 2.05) is 0 Å². The van der Waals surface area contributed by atoms with Gasteiger partial charge in [0, 0.05) is 24.5 Å². The summed E-state index contributed by atoms with van der Waals surface area (Å²) in [5, 5.41) is 11.3. The van der Waals surface area contributed by atoms with Gasteiger partial charge in [-0.25, -0.2) is 8.70 Å². The largest absolute Gasteiger partial charge is 0.417 e. The van der Waals surface area contributed by atoms with Crippen molar-refractivity contribution < 1.29 is 30.7 Å². The van der Waals surface area contributed by atoms with Gasteiger partial charge in [-0.3, -0.25) is 5.41 Å². The standard InChI is InChI=1S/C17H16F7N5S/c1-26-27-7-11(25)14-8-5-13(30-29-4-2-3-12(29)17(22,23)24)28-15(8)10(18)6-9(14)16(19,20)21/h5-7,12,25-26,28H,2-4H2,1H3/b25-11?,27-7-. The van der Waals surface area contributed by atoms with Crippen molar-refractivity contribution in [1.29, 1.82) is 5.41 Å². The van der Waals surface area contributed by atoms with Gasteiger partial charge < -0.3 is 10.4 Å². The molecule has 0 saturated carbocycles. The molecule has 0 aliphatic carbocycles. The Morgan fingerprint density at radius 2 is 2.00 bits per heavy atom. The quantitative estimate of drug-likeness (QED) is 0.259. The summed E-state index contributed by atoms with van der Waals surface area (Å²) >= 11 is 0.666. The molecule has 1 unspecified atom stereocenters. The highest BCUT2D eigenvalue weighted by Crippen LogP contribution is 2.42. The minimum Gasteiger partial charge on any atom is -0.346 e. The van der Waals surface area contributed by atoms with Gasteiger partial charge in [0.2, 0.25) is 0 Å². The molecule has 1 aliphatic rings. The van der Waals surface area contributed by atoms with Gasteiger partial charge in [0.15, 0.2) is 0 Å². The SMILES string of the molecule is CN/N=C\C(=N)c1c(C(F)(F)F)cc(F)c2[nH]c(SN3CCCC3C(F)(F)F)cc12. The van der Waals surface area contributed by atoms with Crippen LogP contribution in [0.2, 0.25) is 0 Å². The molecule has 2 aromatic rings. The van der Waals surface area contributed by atoms with Crippen LogP contribution in [-0.2, 0) is 6.18 Å². The number of benzene rings is 1. The molecule has 13 heteroatoms. The van der Waals surface area contributed by atoms with E-state index >= 15 is 0 Å². The van der Waals surface area contributed by atoms with Crippen molar-refractivity contribution >= 4 is 34.8 Å². The van der Waals surface area contributed by atoms with E-state index in [2.05, 4.69) is 15.5 Å². The molecule has 1 aliphatic heterocycles. The maximum Gasteiger partial charge on any atom is 0.417 e. The molecule has 1 atom stereocenters. The molecule has 3 rings (SSSR count). The van der Waals surface area contributed by atoms with Crippen LogP contribution in [0, 0.1) is 11.2 Å². The molecule has 2 heterocycles. The Morgan fingerprint density at radius 1 is 1.30 bits per heavy atom. The van der Waals surface area contributed by atoms with Crippen LogP contribution in [0.25, 0.3) is 10.9 Å². The van der Waals surface area contributed by atoms with E-state index in [1.54, 1.807) is 0 Å². The number of nitrogens with zero attached hydrogens (tertiary/aromatic N) is 2. The fraction of sp³-hybridized carbons (Fsp3) is 0.412. The van der Waals surface area contributed by atoms with Crippen molar-refractivity contribution in [1.82, 2.24) is 14.7 Å². The van der Waals surface area contributed by atoms with Crippen LogP contribution in [-0.4, -0.2) is 47.0 Å². The lowest BCUT2D eigenvalue weighted by Crippen LogP contribution is -2.37. The van der Waals surface area contributed by atoms with Crippen LogP contribution >= 0.6 is 11.9 Å². The van der Waals surface area contributed by atoms with Crippen LogP contribution in [0.3, 0.4) is 0 Å². The van der Waals surface area contributed by atoms with E-state index in [4.69, 9.17) is 5.41 Å². The molecular formula is C17H16F7N5S. The Kier molecular flexibility index (Phi) is 6.05. The number of hydrogen-bond donors (Lipinski definition) is 3. The van der Waals surface area contributed by atoms with Crippen LogP contribution in [0.4, 0.5) is 30.7 Å². The number of halogens is 7. The highest BCUT2D eigenvalue weighted by Gasteiger charge is 2.46. The lowest BCUT2D eigenvalue weighted by Gasteiger charge is -2.24. The molecule has 30 heavy (non-hydrogen) atoms. The van der Waals surface area contributed by atoms with Gasteiger partial charge in [-0.15, -0.1) is 0 Å². The van der Waals surface area contributed by atoms with Gasteiger partial charge in [0.1, 0.15) is 11.9 Å². The molecule has 1 saturated heterocycles. The second-order valence-corrected chi connectivity index (χ2v) is 7.62. The van der Waals surface area contributed by atoms with E-state index in [-0.39, 0.29) is 35.0 Å². The molecule has 0 amide bonds. The van der Waals surface area contributed by atoms with Crippen LogP contribution in [0.15, 0.2) is 22.3 Å². The summed E-state index contributed by atoms with van der Waals surface area (Å²) < 4.78 is 95.4. The zero-order chi connectivity index (χ0) is 22.3. The van der Waals surface area contributed by atoms with Crippen LogP contribution < -0.4 is 5.43 Å². The molecule has 3 N–H and O–H groups in total. The summed E-state index contributed by atoms with van der Waals surface area (Å²) in [6.07, 6.45) is -8.37. The molecule has 164 valence electrons. The van der Waals surface area contributed by atoms with Crippen LogP contribution in [0.5, 0.6) is 0 Å². The summed E-state index contributed by atoms with van der Waals surface area (Å²) in [6.45, 7) is 0.123. The molecule has 0 bridgehead atoms. The first-order valence-electron chi connectivity index (χ1n) is 8.66. The lowest BCUT2D eigenvalue weighted by molar-refractivity contribution is -0.163. The number of aromatic amines is 1. The second-order valence-electron chi connectivity index (χ2n) is 6.53. The third-order valence-corrected chi connectivity index (χ3v) is 5.62. The van der Waals surface area contributed by atoms with Gasteiger partial charge in [-0.2, -0.15) is 31.4 Å². The summed E-state index contributed by atoms with van der Waals surface area (Å²) in [6, 6.07) is -0.315. The third kappa shape index (κ3) is 4.41. The number of alkyl halides is 6. The molecule has 1 aromatic heterocycles. The van der Waals surface area contributed by atoms with E-state index in [0.717, 1.165) is 16.6 Å². The number of aromatic nitrogens is 1. The van der Waals surface area contributed by atoms with Crippen molar-refractivity contribution in [3.8, 4) is 0 Å². The summed E-state index contributed by atoms with van der Waals surface area (Å²) in [5.74, 6) is -1.22. The highest BCUT2D eigenvalue weighted by atomic mass is 32.2. The van der Waals surface area contributed by atoms with E-state index < -0.39 is 41.1 Å². The zero-order valence-corrected chi connectivity index (χ0v) is 16.2. The van der Waals surface area contributed by atoms with E-state index in [0.29, 0.717) is 18.4 Å². The Balaban J connectivity index is 2.09. The van der Waals surface area contributed by atoms with Crippen LogP contribution in [0.1, 0.15) is 24.0 Å². The maximum absolute atomic E-state index is 14.4. The van der Waals surface area contributed by atoms with E-state index in [9.17, 15) is 30.7 Å². The predicted octanol–water partition coefficient (Wildman–Crippen LogP) is 4.93. The van der Waals surface area contributed by atoms with E-state index in [1.165, 1.54) is 7.05 Å². The predicted molar refractivity (Wildman–Crippen MR) is 99.3 cm³/mol. The van der Waals surface area contributed by atoms with Gasteiger partial charge in [-0.05, 0) is 36.9 Å². The second kappa shape index (κ2) is 8.10. The van der Waals surface area contributed by atoms with Gasteiger partial charge in [0.05, 0.1) is 28.0 Å². The average molecular weight is 455 g/mol. The Morgan fingerprint density at radius 3 is 2.60 bits per heavy atom. The number of rotatable bonds is 5. The monoisotopic (exact) mass is 455 g/mol. The maximum atomic E-state index is 14.4. The Labute approximate surface area is 170 Å². The number of fused-ring (bicyclic) bond motifs is 1. The number of hydrogen-bond acceptors (Lipinski definition) is 5. The minimum atomic E-state index is -4.95. The van der Waals surface area contributed by atoms with Crippen molar-refractivity contribution in [3.05, 3.63) is 29.1 Å². The van der Waals surface area contributed by atoms with Crippen molar-refractivity contribution in [2.45, 2.75) is 36.3 Å². The smallest absolute Gasteiger partial charge is 0.346 e. The Hall–Kier alpha value is -2.28. The normalized spacial score (nSPS) is 18.6. The lowest BCUT2D eigenvalue weighted by atomic mass is 9.98. The van der Waals surface area contributed by atoms with Gasteiger partial charge in [-0.1, -0.05) is 0 Å². The van der Waals surface area contributed by atoms with Gasteiger partial charge >= 0.3 is 12.4 Å². The summed E-state index contributed by atoms with van der Waals surface area (Å²) in [4.78, 5) is 2.55.